The normalized spacial score (nSPS) is 29.0. The lowest BCUT2D eigenvalue weighted by atomic mass is 9.94. The summed E-state index contributed by atoms with van der Waals surface area (Å²) in [6, 6.07) is 0.330. The highest BCUT2D eigenvalue weighted by molar-refractivity contribution is 5.82. The van der Waals surface area contributed by atoms with E-state index in [0.29, 0.717) is 17.9 Å². The molecular formula is C12H24N2O. The second-order valence-electron chi connectivity index (χ2n) is 5.09. The molecule has 0 aromatic heterocycles. The van der Waals surface area contributed by atoms with E-state index in [1.165, 1.54) is 0 Å². The molecule has 1 aliphatic heterocycles. The maximum absolute atomic E-state index is 11.8. The van der Waals surface area contributed by atoms with Crippen molar-refractivity contribution in [3.8, 4) is 0 Å². The molecule has 88 valence electrons. The summed E-state index contributed by atoms with van der Waals surface area (Å²) in [5, 5.41) is 6.47. The smallest absolute Gasteiger partial charge is 0.237 e. The van der Waals surface area contributed by atoms with Crippen LogP contribution in [-0.2, 0) is 4.79 Å². The second kappa shape index (κ2) is 5.50. The zero-order valence-corrected chi connectivity index (χ0v) is 10.3. The Hall–Kier alpha value is -0.570. The molecule has 3 nitrogen and oxygen atoms in total. The van der Waals surface area contributed by atoms with Gasteiger partial charge in [0.2, 0.25) is 5.91 Å². The van der Waals surface area contributed by atoms with E-state index in [9.17, 15) is 4.79 Å². The first-order chi connectivity index (χ1) is 7.04. The lowest BCUT2D eigenvalue weighted by Gasteiger charge is -2.34. The minimum absolute atomic E-state index is 0.0188. The van der Waals surface area contributed by atoms with E-state index in [1.54, 1.807) is 0 Å². The number of hydrogen-bond acceptors (Lipinski definition) is 2. The van der Waals surface area contributed by atoms with Crippen LogP contribution in [0.5, 0.6) is 0 Å². The Morgan fingerprint density at radius 1 is 1.40 bits per heavy atom. The Morgan fingerprint density at radius 3 is 2.53 bits per heavy atom. The Balaban J connectivity index is 2.44. The molecule has 3 heteroatoms. The quantitative estimate of drug-likeness (QED) is 0.742. The van der Waals surface area contributed by atoms with Crippen LogP contribution in [-0.4, -0.2) is 24.5 Å². The van der Waals surface area contributed by atoms with Crippen LogP contribution in [0, 0.1) is 11.8 Å². The van der Waals surface area contributed by atoms with Gasteiger partial charge in [0.15, 0.2) is 0 Å². The molecule has 0 aliphatic carbocycles. The van der Waals surface area contributed by atoms with Crippen molar-refractivity contribution in [1.29, 1.82) is 0 Å². The highest BCUT2D eigenvalue weighted by atomic mass is 16.2. The van der Waals surface area contributed by atoms with Crippen molar-refractivity contribution in [2.45, 2.75) is 52.6 Å². The summed E-state index contributed by atoms with van der Waals surface area (Å²) in [5.41, 5.74) is 0. The summed E-state index contributed by atoms with van der Waals surface area (Å²) in [6.07, 6.45) is 2.04. The largest absolute Gasteiger partial charge is 0.350 e. The number of amides is 1. The van der Waals surface area contributed by atoms with Crippen molar-refractivity contribution < 1.29 is 4.79 Å². The van der Waals surface area contributed by atoms with Crippen LogP contribution in [0.2, 0.25) is 0 Å². The van der Waals surface area contributed by atoms with E-state index in [1.807, 2.05) is 0 Å². The lowest BCUT2D eigenvalue weighted by molar-refractivity contribution is -0.126. The lowest BCUT2D eigenvalue weighted by Crippen LogP contribution is -2.60. The molecule has 1 fully saturated rings. The minimum atomic E-state index is 0.0188. The molecule has 0 radical (unpaired) electrons. The molecule has 1 rings (SSSR count). The van der Waals surface area contributed by atoms with Gasteiger partial charge in [-0.2, -0.15) is 0 Å². The Kier molecular flexibility index (Phi) is 4.58. The van der Waals surface area contributed by atoms with Gasteiger partial charge in [-0.25, -0.2) is 0 Å². The molecule has 0 unspecified atom stereocenters. The monoisotopic (exact) mass is 212 g/mol. The number of carbonyl (C=O) groups is 1. The van der Waals surface area contributed by atoms with Crippen LogP contribution in [0.15, 0.2) is 0 Å². The molecule has 1 heterocycles. The van der Waals surface area contributed by atoms with Crippen LogP contribution in [0.25, 0.3) is 0 Å². The fourth-order valence-corrected chi connectivity index (χ4v) is 1.99. The van der Waals surface area contributed by atoms with Crippen molar-refractivity contribution in [2.24, 2.45) is 11.8 Å². The summed E-state index contributed by atoms with van der Waals surface area (Å²) in [4.78, 5) is 11.8. The molecule has 3 atom stereocenters. The van der Waals surface area contributed by atoms with Crippen LogP contribution >= 0.6 is 0 Å². The van der Waals surface area contributed by atoms with Crippen molar-refractivity contribution in [3.63, 3.8) is 0 Å². The maximum atomic E-state index is 11.8. The van der Waals surface area contributed by atoms with Crippen molar-refractivity contribution in [2.75, 3.05) is 6.54 Å². The third kappa shape index (κ3) is 3.49. The third-order valence-corrected chi connectivity index (χ3v) is 3.27. The summed E-state index contributed by atoms with van der Waals surface area (Å²) < 4.78 is 0. The van der Waals surface area contributed by atoms with Gasteiger partial charge in [0, 0.05) is 12.6 Å². The van der Waals surface area contributed by atoms with Gasteiger partial charge in [-0.1, -0.05) is 34.1 Å². The summed E-state index contributed by atoms with van der Waals surface area (Å²) in [5.74, 6) is 1.30. The Bertz CT molecular complexity index is 216. The molecular weight excluding hydrogens is 188 g/mol. The topological polar surface area (TPSA) is 41.1 Å². The fraction of sp³-hybridized carbons (Fsp3) is 0.917. The molecule has 0 aromatic rings. The van der Waals surface area contributed by atoms with Gasteiger partial charge in [-0.05, 0) is 18.3 Å². The zero-order chi connectivity index (χ0) is 11.4. The zero-order valence-electron chi connectivity index (χ0n) is 10.3. The molecule has 0 saturated carbocycles. The molecule has 1 aliphatic rings. The van der Waals surface area contributed by atoms with Gasteiger partial charge in [0.05, 0.1) is 6.04 Å². The highest BCUT2D eigenvalue weighted by Crippen LogP contribution is 2.13. The SMILES string of the molecule is CC[C@@H](C)[C@H]1CN[C@@H](CC(C)C)C(=O)N1. The van der Waals surface area contributed by atoms with Crippen LogP contribution in [0.4, 0.5) is 0 Å². The predicted octanol–water partition coefficient (Wildman–Crippen LogP) is 1.54. The first-order valence-corrected chi connectivity index (χ1v) is 6.08. The molecule has 0 aromatic carbocycles. The van der Waals surface area contributed by atoms with Gasteiger partial charge in [0.1, 0.15) is 0 Å². The second-order valence-corrected chi connectivity index (χ2v) is 5.09. The van der Waals surface area contributed by atoms with E-state index in [4.69, 9.17) is 0 Å². The predicted molar refractivity (Wildman–Crippen MR) is 62.6 cm³/mol. The van der Waals surface area contributed by atoms with Crippen LogP contribution < -0.4 is 10.6 Å². The van der Waals surface area contributed by atoms with Crippen LogP contribution in [0.3, 0.4) is 0 Å². The van der Waals surface area contributed by atoms with E-state index in [2.05, 4.69) is 38.3 Å². The highest BCUT2D eigenvalue weighted by Gasteiger charge is 2.29. The van der Waals surface area contributed by atoms with Gasteiger partial charge in [-0.3, -0.25) is 4.79 Å². The maximum Gasteiger partial charge on any atom is 0.237 e. The number of hydrogen-bond donors (Lipinski definition) is 2. The summed E-state index contributed by atoms with van der Waals surface area (Å²) in [7, 11) is 0. The standard InChI is InChI=1S/C12H24N2O/c1-5-9(4)11-7-13-10(6-8(2)3)12(15)14-11/h8-11,13H,5-7H2,1-4H3,(H,14,15)/t9-,10+,11-/m1/s1. The molecule has 1 amide bonds. The van der Waals surface area contributed by atoms with E-state index < -0.39 is 0 Å². The average molecular weight is 212 g/mol. The van der Waals surface area contributed by atoms with E-state index in [-0.39, 0.29) is 11.9 Å². The summed E-state index contributed by atoms with van der Waals surface area (Å²) in [6.45, 7) is 9.57. The van der Waals surface area contributed by atoms with E-state index >= 15 is 0 Å². The first-order valence-electron chi connectivity index (χ1n) is 6.08. The Morgan fingerprint density at radius 2 is 2.07 bits per heavy atom. The number of piperazine rings is 1. The van der Waals surface area contributed by atoms with Crippen molar-refractivity contribution in [1.82, 2.24) is 10.6 Å². The Labute approximate surface area is 93.0 Å². The number of rotatable bonds is 4. The van der Waals surface area contributed by atoms with Crippen molar-refractivity contribution >= 4 is 5.91 Å². The third-order valence-electron chi connectivity index (χ3n) is 3.27. The van der Waals surface area contributed by atoms with Gasteiger partial charge in [0.25, 0.3) is 0 Å². The van der Waals surface area contributed by atoms with E-state index in [0.717, 1.165) is 19.4 Å². The first kappa shape index (κ1) is 12.5. The van der Waals surface area contributed by atoms with Crippen LogP contribution in [0.1, 0.15) is 40.5 Å². The molecule has 0 spiro atoms. The van der Waals surface area contributed by atoms with Gasteiger partial charge < -0.3 is 10.6 Å². The molecule has 1 saturated heterocycles. The average Bonchev–Trinajstić information content (AvgIpc) is 2.19. The minimum Gasteiger partial charge on any atom is -0.350 e. The number of carbonyl (C=O) groups excluding carboxylic acids is 1. The van der Waals surface area contributed by atoms with Gasteiger partial charge >= 0.3 is 0 Å². The fourth-order valence-electron chi connectivity index (χ4n) is 1.99. The van der Waals surface area contributed by atoms with Crippen molar-refractivity contribution in [3.05, 3.63) is 0 Å². The molecule has 2 N–H and O–H groups in total. The summed E-state index contributed by atoms with van der Waals surface area (Å²) >= 11 is 0. The molecule has 0 bridgehead atoms. The number of nitrogens with one attached hydrogen (secondary N) is 2. The molecule has 15 heavy (non-hydrogen) atoms. The van der Waals surface area contributed by atoms with Gasteiger partial charge in [-0.15, -0.1) is 0 Å².